The van der Waals surface area contributed by atoms with Crippen molar-refractivity contribution in [1.82, 2.24) is 19.3 Å². The number of halogens is 1. The Morgan fingerprint density at radius 1 is 1.09 bits per heavy atom. The summed E-state index contributed by atoms with van der Waals surface area (Å²) in [6.07, 6.45) is 5.77. The summed E-state index contributed by atoms with van der Waals surface area (Å²) in [4.78, 5) is 13.5. The van der Waals surface area contributed by atoms with Crippen molar-refractivity contribution in [2.45, 2.75) is 25.0 Å². The van der Waals surface area contributed by atoms with Crippen LogP contribution in [-0.2, 0) is 0 Å². The molecule has 0 atom stereocenters. The van der Waals surface area contributed by atoms with E-state index in [1.807, 2.05) is 10.6 Å². The lowest BCUT2D eigenvalue weighted by Gasteiger charge is -2.33. The summed E-state index contributed by atoms with van der Waals surface area (Å²) < 4.78 is 25.1. The second kappa shape index (κ2) is 7.92. The van der Waals surface area contributed by atoms with Gasteiger partial charge in [0, 0.05) is 34.4 Å². The van der Waals surface area contributed by atoms with Crippen molar-refractivity contribution in [3.63, 3.8) is 0 Å². The molecule has 35 heavy (non-hydrogen) atoms. The van der Waals surface area contributed by atoms with Gasteiger partial charge in [0.2, 0.25) is 0 Å². The van der Waals surface area contributed by atoms with Crippen molar-refractivity contribution >= 4 is 27.5 Å². The third kappa shape index (κ3) is 3.19. The molecule has 2 aromatic carbocycles. The van der Waals surface area contributed by atoms with Gasteiger partial charge in [-0.2, -0.15) is 5.10 Å². The van der Waals surface area contributed by atoms with Gasteiger partial charge in [0.15, 0.2) is 5.82 Å². The van der Waals surface area contributed by atoms with E-state index in [-0.39, 0.29) is 28.9 Å². The highest BCUT2D eigenvalue weighted by Gasteiger charge is 2.31. The number of hydrogen-bond donors (Lipinski definition) is 2. The molecule has 6 rings (SSSR count). The molecule has 3 heterocycles. The number of nitrogen functional groups attached to an aromatic ring is 1. The minimum absolute atomic E-state index is 0.0452. The van der Waals surface area contributed by atoms with Crippen LogP contribution in [0.4, 0.5) is 10.2 Å². The molecule has 1 fully saturated rings. The standard InChI is InChI=1S/C26H22FN5O3/c1-35-21-13-32(14-5-3-2-4-6-14)26(34)23-18(21)8-7-17(24(23)27)19-12-31(15-9-16(33)10-15)20-11-29-30-25(28)22(19)20/h2-8,11-13,15-16,33H,9-10H2,1H3,(H2,28,30). The van der Waals surface area contributed by atoms with Crippen molar-refractivity contribution in [1.29, 1.82) is 0 Å². The number of pyridine rings is 1. The Kier molecular flexibility index (Phi) is 4.82. The van der Waals surface area contributed by atoms with Gasteiger partial charge in [0.25, 0.3) is 5.56 Å². The van der Waals surface area contributed by atoms with Gasteiger partial charge in [-0.1, -0.05) is 24.3 Å². The topological polar surface area (TPSA) is 108 Å². The Morgan fingerprint density at radius 3 is 2.57 bits per heavy atom. The van der Waals surface area contributed by atoms with Gasteiger partial charge >= 0.3 is 0 Å². The van der Waals surface area contributed by atoms with E-state index in [0.29, 0.717) is 46.1 Å². The van der Waals surface area contributed by atoms with Gasteiger partial charge in [0.1, 0.15) is 11.6 Å². The lowest BCUT2D eigenvalue weighted by atomic mass is 9.89. The SMILES string of the molecule is COc1cn(-c2ccccc2)c(=O)c2c(F)c(-c3cn(C4CC(O)C4)c4cnnc(N)c34)ccc12. The average Bonchev–Trinajstić information content (AvgIpc) is 3.23. The molecule has 0 spiro atoms. The highest BCUT2D eigenvalue weighted by molar-refractivity contribution is 6.04. The van der Waals surface area contributed by atoms with E-state index in [1.54, 1.807) is 55.0 Å². The number of aliphatic hydroxyl groups is 1. The fraction of sp³-hybridized carbons (Fsp3) is 0.192. The second-order valence-electron chi connectivity index (χ2n) is 8.78. The van der Waals surface area contributed by atoms with E-state index < -0.39 is 11.4 Å². The average molecular weight is 471 g/mol. The van der Waals surface area contributed by atoms with Crippen molar-refractivity contribution < 1.29 is 14.2 Å². The third-order valence-corrected chi connectivity index (χ3v) is 6.79. The number of aliphatic hydroxyl groups excluding tert-OH is 1. The van der Waals surface area contributed by atoms with Crippen LogP contribution in [0.15, 0.2) is 65.8 Å². The van der Waals surface area contributed by atoms with Crippen LogP contribution in [0.25, 0.3) is 38.5 Å². The number of fused-ring (bicyclic) bond motifs is 2. The Morgan fingerprint density at radius 2 is 1.86 bits per heavy atom. The zero-order valence-electron chi connectivity index (χ0n) is 18.9. The summed E-state index contributed by atoms with van der Waals surface area (Å²) in [5.41, 5.74) is 7.74. The first kappa shape index (κ1) is 21.3. The van der Waals surface area contributed by atoms with E-state index >= 15 is 4.39 Å². The van der Waals surface area contributed by atoms with E-state index in [2.05, 4.69) is 10.2 Å². The maximum absolute atomic E-state index is 16.3. The summed E-state index contributed by atoms with van der Waals surface area (Å²) >= 11 is 0. The minimum atomic E-state index is -0.667. The predicted molar refractivity (Wildman–Crippen MR) is 131 cm³/mol. The van der Waals surface area contributed by atoms with Crippen molar-refractivity contribution in [2.24, 2.45) is 0 Å². The monoisotopic (exact) mass is 471 g/mol. The van der Waals surface area contributed by atoms with Crippen LogP contribution in [0.1, 0.15) is 18.9 Å². The maximum Gasteiger partial charge on any atom is 0.266 e. The number of aromatic nitrogens is 4. The number of nitrogens with zero attached hydrogens (tertiary/aromatic N) is 4. The van der Waals surface area contributed by atoms with Crippen LogP contribution in [0.2, 0.25) is 0 Å². The first-order chi connectivity index (χ1) is 17.0. The van der Waals surface area contributed by atoms with Gasteiger partial charge in [-0.25, -0.2) is 4.39 Å². The highest BCUT2D eigenvalue weighted by atomic mass is 19.1. The zero-order valence-corrected chi connectivity index (χ0v) is 18.9. The van der Waals surface area contributed by atoms with Gasteiger partial charge in [-0.15, -0.1) is 5.10 Å². The first-order valence-electron chi connectivity index (χ1n) is 11.2. The van der Waals surface area contributed by atoms with Gasteiger partial charge in [-0.3, -0.25) is 9.36 Å². The molecule has 3 aromatic heterocycles. The zero-order chi connectivity index (χ0) is 24.3. The molecule has 3 N–H and O–H groups in total. The number of methoxy groups -OCH3 is 1. The summed E-state index contributed by atoms with van der Waals surface area (Å²) in [5.74, 6) is -0.117. The van der Waals surface area contributed by atoms with Crippen LogP contribution in [0.5, 0.6) is 5.75 Å². The molecular formula is C26H22FN5O3. The quantitative estimate of drug-likeness (QED) is 0.413. The number of nitrogens with two attached hydrogens (primary N) is 1. The molecule has 1 aliphatic rings. The van der Waals surface area contributed by atoms with E-state index in [9.17, 15) is 9.90 Å². The Labute approximate surface area is 199 Å². The van der Waals surface area contributed by atoms with Crippen LogP contribution in [0, 0.1) is 5.82 Å². The molecule has 0 amide bonds. The number of ether oxygens (including phenoxy) is 1. The molecule has 0 aliphatic heterocycles. The molecule has 1 aliphatic carbocycles. The number of anilines is 1. The van der Waals surface area contributed by atoms with Gasteiger partial charge in [-0.05, 0) is 31.0 Å². The molecule has 0 unspecified atom stereocenters. The van der Waals surface area contributed by atoms with Crippen molar-refractivity contribution in [3.8, 4) is 22.6 Å². The maximum atomic E-state index is 16.3. The molecule has 176 valence electrons. The molecule has 0 saturated heterocycles. The van der Waals surface area contributed by atoms with Crippen molar-refractivity contribution in [2.75, 3.05) is 12.8 Å². The van der Waals surface area contributed by atoms with Crippen LogP contribution >= 0.6 is 0 Å². The fourth-order valence-corrected chi connectivity index (χ4v) is 4.94. The number of hydrogen-bond acceptors (Lipinski definition) is 6. The molecule has 1 saturated carbocycles. The Hall–Kier alpha value is -4.24. The molecule has 5 aromatic rings. The highest BCUT2D eigenvalue weighted by Crippen LogP contribution is 2.42. The van der Waals surface area contributed by atoms with Gasteiger partial charge < -0.3 is 20.1 Å². The minimum Gasteiger partial charge on any atom is -0.495 e. The Bertz CT molecular complexity index is 1660. The Balaban J connectivity index is 1.64. The predicted octanol–water partition coefficient (Wildman–Crippen LogP) is 3.83. The first-order valence-corrected chi connectivity index (χ1v) is 11.2. The second-order valence-corrected chi connectivity index (χ2v) is 8.78. The fourth-order valence-electron chi connectivity index (χ4n) is 4.94. The van der Waals surface area contributed by atoms with Crippen LogP contribution in [0.3, 0.4) is 0 Å². The molecular weight excluding hydrogens is 449 g/mol. The van der Waals surface area contributed by atoms with Gasteiger partial charge in [0.05, 0.1) is 41.9 Å². The van der Waals surface area contributed by atoms with Crippen molar-refractivity contribution in [3.05, 3.63) is 77.2 Å². The molecule has 8 nitrogen and oxygen atoms in total. The normalized spacial score (nSPS) is 17.6. The van der Waals surface area contributed by atoms with E-state index in [0.717, 1.165) is 0 Å². The molecule has 0 bridgehead atoms. The number of benzene rings is 2. The molecule has 0 radical (unpaired) electrons. The summed E-state index contributed by atoms with van der Waals surface area (Å²) in [7, 11) is 1.49. The summed E-state index contributed by atoms with van der Waals surface area (Å²) in [6.45, 7) is 0. The largest absolute Gasteiger partial charge is 0.495 e. The van der Waals surface area contributed by atoms with E-state index in [4.69, 9.17) is 10.5 Å². The third-order valence-electron chi connectivity index (χ3n) is 6.79. The van der Waals surface area contributed by atoms with E-state index in [1.165, 1.54) is 11.7 Å². The lowest BCUT2D eigenvalue weighted by molar-refractivity contribution is 0.0503. The lowest BCUT2D eigenvalue weighted by Crippen LogP contribution is -2.30. The van der Waals surface area contributed by atoms with Crippen LogP contribution in [-0.4, -0.2) is 37.7 Å². The molecule has 9 heteroatoms. The van der Waals surface area contributed by atoms with Crippen LogP contribution < -0.4 is 16.0 Å². The smallest absolute Gasteiger partial charge is 0.266 e. The summed E-state index contributed by atoms with van der Waals surface area (Å²) in [5, 5.41) is 18.6. The summed E-state index contributed by atoms with van der Waals surface area (Å²) in [6, 6.07) is 12.4. The number of rotatable bonds is 4. The number of para-hydroxylation sites is 1.